The third-order valence-electron chi connectivity index (χ3n) is 5.16. The predicted molar refractivity (Wildman–Crippen MR) is 90.8 cm³/mol. The Morgan fingerprint density at radius 3 is 2.95 bits per heavy atom. The van der Waals surface area contributed by atoms with E-state index in [0.29, 0.717) is 0 Å². The molecule has 1 saturated heterocycles. The van der Waals surface area contributed by atoms with Crippen molar-refractivity contribution in [2.75, 3.05) is 13.1 Å². The molecule has 3 unspecified atom stereocenters. The molecule has 0 saturated carbocycles. The van der Waals surface area contributed by atoms with Crippen LogP contribution in [0.15, 0.2) is 36.5 Å². The number of nitrogens with zero attached hydrogens (tertiary/aromatic N) is 2. The van der Waals surface area contributed by atoms with E-state index in [1.165, 1.54) is 19.3 Å². The number of para-hydroxylation sites is 1. The first-order valence-corrected chi connectivity index (χ1v) is 8.46. The van der Waals surface area contributed by atoms with Crippen LogP contribution in [0.2, 0.25) is 0 Å². The summed E-state index contributed by atoms with van der Waals surface area (Å²) in [5.41, 5.74) is 1.95. The first kappa shape index (κ1) is 15.4. The molecule has 1 aromatic heterocycles. The Morgan fingerprint density at radius 1 is 1.32 bits per heavy atom. The van der Waals surface area contributed by atoms with Gasteiger partial charge in [-0.1, -0.05) is 31.5 Å². The summed E-state index contributed by atoms with van der Waals surface area (Å²) >= 11 is 0. The molecule has 1 aliphatic heterocycles. The van der Waals surface area contributed by atoms with Gasteiger partial charge in [0.1, 0.15) is 0 Å². The number of hydrogen-bond donors (Lipinski definition) is 1. The minimum absolute atomic E-state index is 0.139. The molecule has 118 valence electrons. The number of aliphatic hydroxyl groups is 1. The molecular formula is C19H26N2O. The normalized spacial score (nSPS) is 22.6. The fourth-order valence-electron chi connectivity index (χ4n) is 3.64. The molecule has 1 aliphatic rings. The van der Waals surface area contributed by atoms with Crippen LogP contribution in [0.1, 0.15) is 44.8 Å². The zero-order chi connectivity index (χ0) is 15.5. The number of pyridine rings is 1. The van der Waals surface area contributed by atoms with Crippen molar-refractivity contribution < 1.29 is 5.11 Å². The number of hydrogen-bond acceptors (Lipinski definition) is 3. The maximum Gasteiger partial charge on any atom is 0.0949 e. The quantitative estimate of drug-likeness (QED) is 0.933. The lowest BCUT2D eigenvalue weighted by atomic mass is 9.92. The van der Waals surface area contributed by atoms with Crippen LogP contribution in [0.4, 0.5) is 0 Å². The smallest absolute Gasteiger partial charge is 0.0949 e. The van der Waals surface area contributed by atoms with Crippen molar-refractivity contribution in [2.24, 2.45) is 5.92 Å². The molecule has 3 rings (SSSR count). The van der Waals surface area contributed by atoms with Crippen LogP contribution in [-0.4, -0.2) is 34.1 Å². The Morgan fingerprint density at radius 2 is 2.14 bits per heavy atom. The molecule has 3 heteroatoms. The van der Waals surface area contributed by atoms with E-state index in [1.807, 2.05) is 24.3 Å². The average molecular weight is 298 g/mol. The number of aromatic nitrogens is 1. The van der Waals surface area contributed by atoms with E-state index in [9.17, 15) is 5.11 Å². The van der Waals surface area contributed by atoms with E-state index in [2.05, 4.69) is 29.8 Å². The molecule has 1 N–H and O–H groups in total. The lowest BCUT2D eigenvalue weighted by Gasteiger charge is -2.38. The van der Waals surface area contributed by atoms with Crippen molar-refractivity contribution in [3.63, 3.8) is 0 Å². The highest BCUT2D eigenvalue weighted by molar-refractivity contribution is 5.82. The minimum Gasteiger partial charge on any atom is -0.387 e. The van der Waals surface area contributed by atoms with Crippen molar-refractivity contribution >= 4 is 10.9 Å². The summed E-state index contributed by atoms with van der Waals surface area (Å²) < 4.78 is 0. The molecule has 22 heavy (non-hydrogen) atoms. The van der Waals surface area contributed by atoms with Gasteiger partial charge in [-0.05, 0) is 49.9 Å². The van der Waals surface area contributed by atoms with Crippen LogP contribution in [0.3, 0.4) is 0 Å². The van der Waals surface area contributed by atoms with Crippen molar-refractivity contribution in [3.8, 4) is 0 Å². The number of rotatable bonds is 4. The van der Waals surface area contributed by atoms with E-state index < -0.39 is 6.10 Å². The second-order valence-corrected chi connectivity index (χ2v) is 6.51. The molecule has 0 spiro atoms. The summed E-state index contributed by atoms with van der Waals surface area (Å²) in [6.45, 7) is 6.62. The second kappa shape index (κ2) is 6.76. The number of aliphatic hydroxyl groups excluding tert-OH is 1. The van der Waals surface area contributed by atoms with Crippen molar-refractivity contribution in [1.82, 2.24) is 9.88 Å². The van der Waals surface area contributed by atoms with E-state index in [4.69, 9.17) is 0 Å². The largest absolute Gasteiger partial charge is 0.387 e. The second-order valence-electron chi connectivity index (χ2n) is 6.51. The van der Waals surface area contributed by atoms with Crippen LogP contribution >= 0.6 is 0 Å². The van der Waals surface area contributed by atoms with Gasteiger partial charge in [0.05, 0.1) is 11.6 Å². The fourth-order valence-corrected chi connectivity index (χ4v) is 3.64. The highest BCUT2D eigenvalue weighted by Crippen LogP contribution is 2.30. The Kier molecular flexibility index (Phi) is 4.74. The summed E-state index contributed by atoms with van der Waals surface area (Å²) in [7, 11) is 0. The monoisotopic (exact) mass is 298 g/mol. The van der Waals surface area contributed by atoms with Gasteiger partial charge in [0.2, 0.25) is 0 Å². The standard InChI is InChI=1S/C19H26N2O/c1-3-15-7-6-12-21(13-15)14(2)19(22)17-10-11-20-18-9-5-4-8-16(17)18/h4-5,8-11,14-15,19,22H,3,6-7,12-13H2,1-2H3. The zero-order valence-corrected chi connectivity index (χ0v) is 13.6. The van der Waals surface area contributed by atoms with Gasteiger partial charge < -0.3 is 5.11 Å². The van der Waals surface area contributed by atoms with Crippen molar-refractivity contribution in [2.45, 2.75) is 45.3 Å². The first-order valence-electron chi connectivity index (χ1n) is 8.46. The molecule has 0 bridgehead atoms. The Bertz CT molecular complexity index is 622. The molecule has 1 fully saturated rings. The van der Waals surface area contributed by atoms with Crippen LogP contribution < -0.4 is 0 Å². The maximum absolute atomic E-state index is 10.9. The van der Waals surface area contributed by atoms with Gasteiger partial charge in [-0.2, -0.15) is 0 Å². The van der Waals surface area contributed by atoms with E-state index >= 15 is 0 Å². The van der Waals surface area contributed by atoms with Crippen LogP contribution in [0.25, 0.3) is 10.9 Å². The topological polar surface area (TPSA) is 36.4 Å². The van der Waals surface area contributed by atoms with Crippen molar-refractivity contribution in [3.05, 3.63) is 42.1 Å². The van der Waals surface area contributed by atoms with Gasteiger partial charge in [0, 0.05) is 24.2 Å². The SMILES string of the molecule is CCC1CCCN(C(C)C(O)c2ccnc3ccccc23)C1. The van der Waals surface area contributed by atoms with Crippen molar-refractivity contribution in [1.29, 1.82) is 0 Å². The van der Waals surface area contributed by atoms with E-state index in [-0.39, 0.29) is 6.04 Å². The molecule has 0 amide bonds. The molecule has 2 heterocycles. The summed E-state index contributed by atoms with van der Waals surface area (Å²) in [5, 5.41) is 12.0. The zero-order valence-electron chi connectivity index (χ0n) is 13.6. The number of likely N-dealkylation sites (tertiary alicyclic amines) is 1. The van der Waals surface area contributed by atoms with E-state index in [0.717, 1.165) is 35.5 Å². The Balaban J connectivity index is 1.84. The first-order chi connectivity index (χ1) is 10.7. The lowest BCUT2D eigenvalue weighted by Crippen LogP contribution is -2.44. The molecular weight excluding hydrogens is 272 g/mol. The number of benzene rings is 1. The lowest BCUT2D eigenvalue weighted by molar-refractivity contribution is 0.0328. The molecule has 0 radical (unpaired) electrons. The van der Waals surface area contributed by atoms with E-state index in [1.54, 1.807) is 6.20 Å². The third-order valence-corrected chi connectivity index (χ3v) is 5.16. The van der Waals surface area contributed by atoms with Gasteiger partial charge >= 0.3 is 0 Å². The van der Waals surface area contributed by atoms with Crippen LogP contribution in [-0.2, 0) is 0 Å². The highest BCUT2D eigenvalue weighted by atomic mass is 16.3. The highest BCUT2D eigenvalue weighted by Gasteiger charge is 2.28. The Labute approximate surface area is 133 Å². The maximum atomic E-state index is 10.9. The number of fused-ring (bicyclic) bond motifs is 1. The fraction of sp³-hybridized carbons (Fsp3) is 0.526. The average Bonchev–Trinajstić information content (AvgIpc) is 2.60. The molecule has 2 aromatic rings. The van der Waals surface area contributed by atoms with Crippen LogP contribution in [0, 0.1) is 5.92 Å². The van der Waals surface area contributed by atoms with Gasteiger partial charge in [0.25, 0.3) is 0 Å². The van der Waals surface area contributed by atoms with Gasteiger partial charge in [-0.15, -0.1) is 0 Å². The predicted octanol–water partition coefficient (Wildman–Crippen LogP) is 3.78. The van der Waals surface area contributed by atoms with Gasteiger partial charge in [0.15, 0.2) is 0 Å². The Hall–Kier alpha value is -1.45. The minimum atomic E-state index is -0.469. The number of piperidine rings is 1. The molecule has 0 aliphatic carbocycles. The van der Waals surface area contributed by atoms with Crippen LogP contribution in [0.5, 0.6) is 0 Å². The molecule has 1 aromatic carbocycles. The van der Waals surface area contributed by atoms with Gasteiger partial charge in [-0.25, -0.2) is 0 Å². The van der Waals surface area contributed by atoms with Gasteiger partial charge in [-0.3, -0.25) is 9.88 Å². The summed E-state index contributed by atoms with van der Waals surface area (Å²) in [6.07, 6.45) is 5.14. The molecule has 3 atom stereocenters. The summed E-state index contributed by atoms with van der Waals surface area (Å²) in [5.74, 6) is 0.776. The summed E-state index contributed by atoms with van der Waals surface area (Å²) in [6, 6.07) is 10.2. The molecule has 3 nitrogen and oxygen atoms in total. The third kappa shape index (κ3) is 3.01. The summed E-state index contributed by atoms with van der Waals surface area (Å²) in [4.78, 5) is 6.85.